The molecule has 2 aromatic carbocycles. The third-order valence-electron chi connectivity index (χ3n) is 6.63. The minimum Gasteiger partial charge on any atom is -0.491 e. The molecule has 0 aliphatic carbocycles. The van der Waals surface area contributed by atoms with Crippen LogP contribution < -0.4 is 10.5 Å². The summed E-state index contributed by atoms with van der Waals surface area (Å²) in [4.78, 5) is 19.8. The van der Waals surface area contributed by atoms with Crippen LogP contribution in [0.2, 0.25) is 5.02 Å². The number of nitrogen functional groups attached to an aromatic ring is 1. The number of aromatic nitrogens is 5. The number of hydrogen-bond acceptors (Lipinski definition) is 6. The molecule has 37 heavy (non-hydrogen) atoms. The lowest BCUT2D eigenvalue weighted by molar-refractivity contribution is 0.0709. The van der Waals surface area contributed by atoms with Gasteiger partial charge in [-0.2, -0.15) is 10.2 Å². The van der Waals surface area contributed by atoms with E-state index in [0.717, 1.165) is 27.4 Å². The Hall–Kier alpha value is -4.55. The Morgan fingerprint density at radius 2 is 2.03 bits per heavy atom. The van der Waals surface area contributed by atoms with Crippen LogP contribution in [0.1, 0.15) is 33.2 Å². The number of halogens is 1. The number of nitrogens with two attached hydrogens (primary N) is 1. The Balaban J connectivity index is 1.32. The Bertz CT molecular complexity index is 1790. The number of benzene rings is 2. The normalized spacial score (nSPS) is 14.3. The summed E-state index contributed by atoms with van der Waals surface area (Å²) in [5.74, 6) is 7.02. The van der Waals surface area contributed by atoms with Crippen LogP contribution in [0.15, 0.2) is 48.8 Å². The Morgan fingerprint density at radius 3 is 2.81 bits per heavy atom. The second kappa shape index (κ2) is 8.54. The molecule has 0 saturated carbocycles. The predicted molar refractivity (Wildman–Crippen MR) is 141 cm³/mol. The topological polar surface area (TPSA) is 104 Å². The van der Waals surface area contributed by atoms with E-state index in [2.05, 4.69) is 27.0 Å². The van der Waals surface area contributed by atoms with Crippen molar-refractivity contribution in [1.29, 1.82) is 0 Å². The number of nitrogens with zero attached hydrogens (tertiary/aromatic N) is 6. The molecule has 0 saturated heterocycles. The number of likely N-dealkylation sites (N-methyl/N-ethyl adjacent to an activating group) is 1. The van der Waals surface area contributed by atoms with Crippen molar-refractivity contribution in [3.63, 3.8) is 0 Å². The van der Waals surface area contributed by atoms with Gasteiger partial charge >= 0.3 is 0 Å². The van der Waals surface area contributed by atoms with Crippen molar-refractivity contribution in [3.05, 3.63) is 76.2 Å². The van der Waals surface area contributed by atoms with E-state index in [0.29, 0.717) is 40.0 Å². The minimum absolute atomic E-state index is 0.223. The zero-order valence-corrected chi connectivity index (χ0v) is 21.1. The van der Waals surface area contributed by atoms with E-state index in [4.69, 9.17) is 22.1 Å². The van der Waals surface area contributed by atoms with E-state index in [1.165, 1.54) is 0 Å². The first-order chi connectivity index (χ1) is 17.8. The van der Waals surface area contributed by atoms with Gasteiger partial charge in [0.1, 0.15) is 23.9 Å². The fourth-order valence-electron chi connectivity index (χ4n) is 4.68. The van der Waals surface area contributed by atoms with Crippen LogP contribution >= 0.6 is 11.6 Å². The summed E-state index contributed by atoms with van der Waals surface area (Å²) >= 11 is 6.57. The third-order valence-corrected chi connectivity index (χ3v) is 6.94. The van der Waals surface area contributed by atoms with Gasteiger partial charge in [0.15, 0.2) is 0 Å². The van der Waals surface area contributed by atoms with Crippen molar-refractivity contribution in [2.24, 2.45) is 14.1 Å². The number of pyridine rings is 1. The maximum atomic E-state index is 13.6. The number of carbonyl (C=O) groups excluding carboxylic acids is 1. The standard InChI is InChI=1S/C27H22ClN7O2/c1-33-9-8-16(32-33)6-4-15-5-7-17-23(14-37-24(17)10-15)34(2)27(36)18-11-19-22(12-21(18)28)31-26(29)20-13-30-35(3)25(19)20/h5,7-13,23H,14H2,1-3H3,(H2,29,31). The molecule has 1 unspecified atom stereocenters. The fourth-order valence-corrected chi connectivity index (χ4v) is 4.92. The molecule has 6 rings (SSSR count). The quantitative estimate of drug-likeness (QED) is 0.362. The monoisotopic (exact) mass is 511 g/mol. The van der Waals surface area contributed by atoms with Gasteiger partial charge < -0.3 is 15.4 Å². The number of amides is 1. The number of hydrogen-bond donors (Lipinski definition) is 1. The van der Waals surface area contributed by atoms with Crippen LogP contribution in [0.5, 0.6) is 5.75 Å². The number of aryl methyl sites for hydroxylation is 2. The molecule has 4 heterocycles. The minimum atomic E-state index is -0.270. The van der Waals surface area contributed by atoms with Gasteiger partial charge in [-0.1, -0.05) is 23.6 Å². The summed E-state index contributed by atoms with van der Waals surface area (Å²) in [6, 6.07) is 10.8. The molecule has 10 heteroatoms. The smallest absolute Gasteiger partial charge is 0.255 e. The molecule has 1 atom stereocenters. The summed E-state index contributed by atoms with van der Waals surface area (Å²) in [6.45, 7) is 0.337. The van der Waals surface area contributed by atoms with Crippen molar-refractivity contribution in [1.82, 2.24) is 29.4 Å². The Kier molecular flexibility index (Phi) is 5.28. The van der Waals surface area contributed by atoms with Gasteiger partial charge in [0.05, 0.1) is 39.2 Å². The maximum absolute atomic E-state index is 13.6. The van der Waals surface area contributed by atoms with Gasteiger partial charge in [0, 0.05) is 43.9 Å². The molecule has 0 fully saturated rings. The van der Waals surface area contributed by atoms with Gasteiger partial charge in [-0.05, 0) is 36.3 Å². The molecule has 184 valence electrons. The summed E-state index contributed by atoms with van der Waals surface area (Å²) in [5.41, 5.74) is 10.3. The molecule has 5 aromatic rings. The van der Waals surface area contributed by atoms with E-state index >= 15 is 0 Å². The zero-order valence-electron chi connectivity index (χ0n) is 20.4. The van der Waals surface area contributed by atoms with Gasteiger partial charge in [-0.3, -0.25) is 14.2 Å². The second-order valence-corrected chi connectivity index (χ2v) is 9.40. The van der Waals surface area contributed by atoms with E-state index < -0.39 is 0 Å². The van der Waals surface area contributed by atoms with E-state index in [1.807, 2.05) is 44.6 Å². The molecule has 2 N–H and O–H groups in total. The molecule has 1 aliphatic heterocycles. The molecular formula is C27H22ClN7O2. The molecule has 1 aliphatic rings. The number of ether oxygens (including phenoxy) is 1. The summed E-state index contributed by atoms with van der Waals surface area (Å²) < 4.78 is 9.37. The van der Waals surface area contributed by atoms with Gasteiger partial charge in [-0.25, -0.2) is 4.98 Å². The zero-order chi connectivity index (χ0) is 25.8. The van der Waals surface area contributed by atoms with Crippen molar-refractivity contribution in [2.45, 2.75) is 6.04 Å². The molecule has 3 aromatic heterocycles. The largest absolute Gasteiger partial charge is 0.491 e. The van der Waals surface area contributed by atoms with E-state index in [-0.39, 0.29) is 11.9 Å². The van der Waals surface area contributed by atoms with Crippen LogP contribution in [0.4, 0.5) is 5.82 Å². The highest BCUT2D eigenvalue weighted by Crippen LogP contribution is 2.38. The van der Waals surface area contributed by atoms with Crippen LogP contribution in [-0.4, -0.2) is 49.0 Å². The molecule has 1 amide bonds. The average molecular weight is 512 g/mol. The third kappa shape index (κ3) is 3.82. The van der Waals surface area contributed by atoms with E-state index in [1.54, 1.807) is 39.6 Å². The number of rotatable bonds is 2. The van der Waals surface area contributed by atoms with Crippen molar-refractivity contribution in [3.8, 4) is 17.6 Å². The van der Waals surface area contributed by atoms with Gasteiger partial charge in [-0.15, -0.1) is 0 Å². The average Bonchev–Trinajstić information content (AvgIpc) is 3.60. The van der Waals surface area contributed by atoms with Crippen molar-refractivity contribution < 1.29 is 9.53 Å². The molecule has 9 nitrogen and oxygen atoms in total. The molecule has 0 radical (unpaired) electrons. The summed E-state index contributed by atoms with van der Waals surface area (Å²) in [6.07, 6.45) is 3.52. The van der Waals surface area contributed by atoms with Crippen LogP contribution in [-0.2, 0) is 14.1 Å². The van der Waals surface area contributed by atoms with Crippen LogP contribution in [0.25, 0.3) is 21.8 Å². The second-order valence-electron chi connectivity index (χ2n) is 9.00. The van der Waals surface area contributed by atoms with Gasteiger partial charge in [0.25, 0.3) is 5.91 Å². The maximum Gasteiger partial charge on any atom is 0.255 e. The van der Waals surface area contributed by atoms with Crippen LogP contribution in [0.3, 0.4) is 0 Å². The lowest BCUT2D eigenvalue weighted by atomic mass is 10.0. The van der Waals surface area contributed by atoms with Gasteiger partial charge in [0.2, 0.25) is 0 Å². The highest BCUT2D eigenvalue weighted by molar-refractivity contribution is 6.35. The summed E-state index contributed by atoms with van der Waals surface area (Å²) in [7, 11) is 5.43. The first-order valence-corrected chi connectivity index (χ1v) is 11.9. The van der Waals surface area contributed by atoms with Crippen LogP contribution in [0, 0.1) is 11.8 Å². The lowest BCUT2D eigenvalue weighted by Crippen LogP contribution is -2.32. The first-order valence-electron chi connectivity index (χ1n) is 11.6. The number of fused-ring (bicyclic) bond motifs is 4. The summed E-state index contributed by atoms with van der Waals surface area (Å²) in [5, 5.41) is 10.4. The van der Waals surface area contributed by atoms with E-state index in [9.17, 15) is 4.79 Å². The highest BCUT2D eigenvalue weighted by atomic mass is 35.5. The molecule has 0 bridgehead atoms. The van der Waals surface area contributed by atoms with Crippen molar-refractivity contribution in [2.75, 3.05) is 19.4 Å². The molecular weight excluding hydrogens is 490 g/mol. The Labute approximate surface area is 217 Å². The first kappa shape index (κ1) is 22.9. The fraction of sp³-hybridized carbons (Fsp3) is 0.185. The number of carbonyl (C=O) groups is 1. The Morgan fingerprint density at radius 1 is 1.19 bits per heavy atom. The molecule has 0 spiro atoms. The highest BCUT2D eigenvalue weighted by Gasteiger charge is 2.32. The van der Waals surface area contributed by atoms with Crippen molar-refractivity contribution >= 4 is 45.1 Å². The number of anilines is 1. The SMILES string of the molecule is CN(C(=O)c1cc2c(cc1Cl)nc(N)c1cnn(C)c12)C1COc2cc(C#Cc3ccn(C)n3)ccc21. The predicted octanol–water partition coefficient (Wildman–Crippen LogP) is 3.70. The lowest BCUT2D eigenvalue weighted by Gasteiger charge is -2.24.